The number of nitrogens with zero attached hydrogens (tertiary/aromatic N) is 2. The third-order valence-corrected chi connectivity index (χ3v) is 8.53. The molecule has 3 rings (SSSR count). The van der Waals surface area contributed by atoms with Crippen LogP contribution in [0, 0.1) is 31.6 Å². The zero-order chi connectivity index (χ0) is 27.5. The van der Waals surface area contributed by atoms with Gasteiger partial charge in [0.2, 0.25) is 0 Å². The number of aromatic nitrogens is 1. The minimum absolute atomic E-state index is 0.482. The summed E-state index contributed by atoms with van der Waals surface area (Å²) in [5.41, 5.74) is 8.76. The molecule has 3 atom stereocenters. The first-order chi connectivity index (χ1) is 18.4. The average molecular weight is 513 g/mol. The Hall–Kier alpha value is -2.48. The number of hydrogen-bond donors (Lipinski definition) is 0. The molecule has 1 aliphatic carbocycles. The topological polar surface area (TPSA) is 25.2 Å². The second-order valence-corrected chi connectivity index (χ2v) is 11.6. The van der Waals surface area contributed by atoms with Crippen molar-refractivity contribution in [1.82, 2.24) is 4.98 Å². The highest BCUT2D eigenvalue weighted by Crippen LogP contribution is 2.33. The van der Waals surface area contributed by atoms with E-state index < -0.39 is 0 Å². The second kappa shape index (κ2) is 15.2. The van der Waals surface area contributed by atoms with E-state index in [9.17, 15) is 0 Å². The Morgan fingerprint density at radius 2 is 1.76 bits per heavy atom. The van der Waals surface area contributed by atoms with Crippen molar-refractivity contribution >= 4 is 17.1 Å². The van der Waals surface area contributed by atoms with Crippen molar-refractivity contribution in [2.24, 2.45) is 22.7 Å². The summed E-state index contributed by atoms with van der Waals surface area (Å²) in [6.07, 6.45) is 18.0. The minimum Gasteiger partial charge on any atom is -0.238 e. The summed E-state index contributed by atoms with van der Waals surface area (Å²) in [6.45, 7) is 17.6. The molecule has 1 aromatic carbocycles. The monoisotopic (exact) mass is 512 g/mol. The van der Waals surface area contributed by atoms with Crippen molar-refractivity contribution in [3.05, 3.63) is 65.8 Å². The molecule has 3 unspecified atom stereocenters. The predicted molar refractivity (Wildman–Crippen MR) is 168 cm³/mol. The average Bonchev–Trinajstić information content (AvgIpc) is 2.94. The summed E-state index contributed by atoms with van der Waals surface area (Å²) >= 11 is 0. The van der Waals surface area contributed by atoms with E-state index >= 15 is 0 Å². The zero-order valence-corrected chi connectivity index (χ0v) is 25.2. The lowest BCUT2D eigenvalue weighted by atomic mass is 9.86. The summed E-state index contributed by atoms with van der Waals surface area (Å²) in [7, 11) is 0. The van der Waals surface area contributed by atoms with Crippen LogP contribution in [-0.4, -0.2) is 10.7 Å². The standard InChI is InChI=1S/C36H52N2/c1-8-12-13-15-30(14-9-2)25-34(26(5)10-3)37-36-28(7)24-27(6)35(38-36)33-22-20-32(21-23-33)31-18-16-29(11-4)17-19-31/h11,18,20-24,26,29-30H,4,8-10,12-17,19,25H2,1-3,5-7H3/b37-34-. The number of aryl methyl sites for hydroxylation is 2. The molecule has 0 N–H and O–H groups in total. The molecule has 0 spiro atoms. The molecular formula is C36H52N2. The van der Waals surface area contributed by atoms with Gasteiger partial charge in [-0.15, -0.1) is 6.58 Å². The highest BCUT2D eigenvalue weighted by Gasteiger charge is 2.18. The molecule has 2 heteroatoms. The summed E-state index contributed by atoms with van der Waals surface area (Å²) in [4.78, 5) is 10.5. The normalized spacial score (nSPS) is 17.7. The Morgan fingerprint density at radius 3 is 2.37 bits per heavy atom. The molecule has 0 saturated heterocycles. The first-order valence-corrected chi connectivity index (χ1v) is 15.4. The van der Waals surface area contributed by atoms with Crippen LogP contribution in [0.25, 0.3) is 16.8 Å². The van der Waals surface area contributed by atoms with Crippen molar-refractivity contribution in [1.29, 1.82) is 0 Å². The molecule has 206 valence electrons. The molecule has 2 nitrogen and oxygen atoms in total. The van der Waals surface area contributed by atoms with Crippen molar-refractivity contribution in [3.63, 3.8) is 0 Å². The first-order valence-electron chi connectivity index (χ1n) is 15.4. The smallest absolute Gasteiger partial charge is 0.155 e. The summed E-state index contributed by atoms with van der Waals surface area (Å²) in [5, 5.41) is 0. The molecule has 0 saturated carbocycles. The van der Waals surface area contributed by atoms with Gasteiger partial charge in [-0.25, -0.2) is 9.98 Å². The number of benzene rings is 1. The molecule has 1 aliphatic rings. The van der Waals surface area contributed by atoms with Crippen molar-refractivity contribution in [2.45, 2.75) is 112 Å². The van der Waals surface area contributed by atoms with Crippen LogP contribution in [-0.2, 0) is 0 Å². The largest absolute Gasteiger partial charge is 0.238 e. The Bertz CT molecular complexity index is 1090. The summed E-state index contributed by atoms with van der Waals surface area (Å²) < 4.78 is 0. The van der Waals surface area contributed by atoms with E-state index in [0.717, 1.165) is 43.1 Å². The van der Waals surface area contributed by atoms with Gasteiger partial charge in [0.05, 0.1) is 5.69 Å². The second-order valence-electron chi connectivity index (χ2n) is 11.6. The summed E-state index contributed by atoms with van der Waals surface area (Å²) in [5.74, 6) is 2.74. The fraction of sp³-hybridized carbons (Fsp3) is 0.556. The van der Waals surface area contributed by atoms with Crippen molar-refractivity contribution in [3.8, 4) is 11.3 Å². The Balaban J connectivity index is 1.88. The Morgan fingerprint density at radius 1 is 1.03 bits per heavy atom. The fourth-order valence-electron chi connectivity index (χ4n) is 5.78. The first kappa shape index (κ1) is 30.1. The number of rotatable bonds is 14. The summed E-state index contributed by atoms with van der Waals surface area (Å²) in [6, 6.07) is 11.3. The van der Waals surface area contributed by atoms with E-state index in [-0.39, 0.29) is 0 Å². The maximum Gasteiger partial charge on any atom is 0.155 e. The van der Waals surface area contributed by atoms with Gasteiger partial charge in [-0.3, -0.25) is 0 Å². The molecule has 1 aromatic heterocycles. The van der Waals surface area contributed by atoms with E-state index in [0.29, 0.717) is 11.8 Å². The van der Waals surface area contributed by atoms with Gasteiger partial charge in [-0.05, 0) is 86.0 Å². The van der Waals surface area contributed by atoms with Crippen LogP contribution in [0.15, 0.2) is 54.1 Å². The molecule has 0 radical (unpaired) electrons. The van der Waals surface area contributed by atoms with Gasteiger partial charge >= 0.3 is 0 Å². The molecule has 0 bridgehead atoms. The van der Waals surface area contributed by atoms with Crippen LogP contribution in [0.2, 0.25) is 0 Å². The molecule has 0 amide bonds. The third-order valence-electron chi connectivity index (χ3n) is 8.53. The lowest BCUT2D eigenvalue weighted by Gasteiger charge is -2.21. The number of hydrogen-bond acceptors (Lipinski definition) is 2. The molecule has 2 aromatic rings. The van der Waals surface area contributed by atoms with Crippen molar-refractivity contribution in [2.75, 3.05) is 0 Å². The van der Waals surface area contributed by atoms with Gasteiger partial charge in [0.1, 0.15) is 0 Å². The van der Waals surface area contributed by atoms with Gasteiger partial charge in [-0.2, -0.15) is 0 Å². The van der Waals surface area contributed by atoms with Crippen molar-refractivity contribution < 1.29 is 0 Å². The van der Waals surface area contributed by atoms with E-state index in [1.54, 1.807) is 0 Å². The highest BCUT2D eigenvalue weighted by atomic mass is 14.9. The van der Waals surface area contributed by atoms with E-state index in [1.165, 1.54) is 78.5 Å². The van der Waals surface area contributed by atoms with E-state index in [1.807, 2.05) is 0 Å². The van der Waals surface area contributed by atoms with Crippen LogP contribution in [0.4, 0.5) is 5.82 Å². The van der Waals surface area contributed by atoms with Crippen LogP contribution in [0.5, 0.6) is 0 Å². The van der Waals surface area contributed by atoms with E-state index in [4.69, 9.17) is 9.98 Å². The van der Waals surface area contributed by atoms with Crippen LogP contribution >= 0.6 is 0 Å². The van der Waals surface area contributed by atoms with Gasteiger partial charge in [-0.1, -0.05) is 109 Å². The lowest BCUT2D eigenvalue weighted by molar-refractivity contribution is 0.431. The lowest BCUT2D eigenvalue weighted by Crippen LogP contribution is -2.16. The third kappa shape index (κ3) is 8.26. The fourth-order valence-corrected chi connectivity index (χ4v) is 5.78. The Kier molecular flexibility index (Phi) is 12.0. The Labute approximate surface area is 233 Å². The molecule has 38 heavy (non-hydrogen) atoms. The van der Waals surface area contributed by atoms with Gasteiger partial charge in [0, 0.05) is 11.3 Å². The number of unbranched alkanes of at least 4 members (excludes halogenated alkanes) is 2. The SMILES string of the molecule is C=CC1CC=C(c2ccc(-c3nc(/N=C(/CC(CCC)CCCCC)C(C)CC)c(C)cc3C)cc2)CC1. The highest BCUT2D eigenvalue weighted by molar-refractivity contribution is 5.89. The van der Waals surface area contributed by atoms with Gasteiger partial charge in [0.25, 0.3) is 0 Å². The molecule has 0 aliphatic heterocycles. The molecular weight excluding hydrogens is 460 g/mol. The van der Waals surface area contributed by atoms with Crippen LogP contribution in [0.3, 0.4) is 0 Å². The minimum atomic E-state index is 0.482. The zero-order valence-electron chi connectivity index (χ0n) is 25.2. The predicted octanol–water partition coefficient (Wildman–Crippen LogP) is 11.2. The molecule has 0 fully saturated rings. The maximum atomic E-state index is 5.30. The van der Waals surface area contributed by atoms with Crippen LogP contribution < -0.4 is 0 Å². The van der Waals surface area contributed by atoms with E-state index in [2.05, 4.69) is 90.6 Å². The number of aliphatic imine (C=N–C) groups is 1. The molecule has 1 heterocycles. The maximum absolute atomic E-state index is 5.30. The van der Waals surface area contributed by atoms with Gasteiger partial charge in [0.15, 0.2) is 5.82 Å². The number of pyridine rings is 1. The van der Waals surface area contributed by atoms with Crippen LogP contribution in [0.1, 0.15) is 115 Å². The quantitative estimate of drug-likeness (QED) is 0.140. The van der Waals surface area contributed by atoms with Gasteiger partial charge < -0.3 is 0 Å². The number of allylic oxidation sites excluding steroid dienone is 3.